The number of esters is 1. The Morgan fingerprint density at radius 1 is 1.23 bits per heavy atom. The monoisotopic (exact) mass is 306 g/mol. The molecule has 0 saturated carbocycles. The smallest absolute Gasteiger partial charge is 0.427 e. The van der Waals surface area contributed by atoms with Crippen LogP contribution in [0.4, 0.5) is 9.59 Å². The molecule has 0 aliphatic carbocycles. The lowest BCUT2D eigenvalue weighted by molar-refractivity contribution is -0.136. The van der Waals surface area contributed by atoms with E-state index in [0.29, 0.717) is 25.8 Å². The molecule has 1 aliphatic rings. The van der Waals surface area contributed by atoms with E-state index in [4.69, 9.17) is 10.5 Å². The maximum Gasteiger partial charge on any atom is 0.427 e. The van der Waals surface area contributed by atoms with Crippen LogP contribution in [0.2, 0.25) is 0 Å². The number of rotatable bonds is 6. The molecule has 0 aromatic heterocycles. The number of hydrogen-bond acceptors (Lipinski definition) is 6. The standard InChI is InChI=1S/C15H18N2O5/c16-9-5-4-8-12-13(18)22-15(20)17(12)14(19)21-10-11-6-2-1-3-7-11/h1-3,6-7,12H,4-5,8-10,16H2. The first-order valence-electron chi connectivity index (χ1n) is 7.09. The van der Waals surface area contributed by atoms with Gasteiger partial charge in [0.05, 0.1) is 0 Å². The Labute approximate surface area is 128 Å². The van der Waals surface area contributed by atoms with Crippen molar-refractivity contribution in [2.24, 2.45) is 5.73 Å². The number of cyclic esters (lactones) is 2. The second kappa shape index (κ2) is 7.56. The van der Waals surface area contributed by atoms with Crippen LogP contribution in [0.25, 0.3) is 0 Å². The van der Waals surface area contributed by atoms with E-state index in [2.05, 4.69) is 4.74 Å². The lowest BCUT2D eigenvalue weighted by Gasteiger charge is -2.17. The molecule has 22 heavy (non-hydrogen) atoms. The van der Waals surface area contributed by atoms with E-state index >= 15 is 0 Å². The third kappa shape index (κ3) is 3.82. The highest BCUT2D eigenvalue weighted by molar-refractivity contribution is 6.03. The molecule has 1 aromatic carbocycles. The molecule has 1 aromatic rings. The van der Waals surface area contributed by atoms with Crippen LogP contribution in [0.5, 0.6) is 0 Å². The van der Waals surface area contributed by atoms with E-state index < -0.39 is 24.2 Å². The quantitative estimate of drug-likeness (QED) is 0.489. The summed E-state index contributed by atoms with van der Waals surface area (Å²) in [7, 11) is 0. The molecule has 0 spiro atoms. The van der Waals surface area contributed by atoms with Crippen LogP contribution in [0.3, 0.4) is 0 Å². The lowest BCUT2D eigenvalue weighted by atomic mass is 10.1. The number of ether oxygens (including phenoxy) is 2. The van der Waals surface area contributed by atoms with Crippen molar-refractivity contribution in [1.82, 2.24) is 4.90 Å². The van der Waals surface area contributed by atoms with Crippen molar-refractivity contribution < 1.29 is 23.9 Å². The van der Waals surface area contributed by atoms with Crippen LogP contribution in [0, 0.1) is 0 Å². The molecule has 118 valence electrons. The number of imide groups is 1. The van der Waals surface area contributed by atoms with Crippen LogP contribution >= 0.6 is 0 Å². The summed E-state index contributed by atoms with van der Waals surface area (Å²) in [6, 6.07) is 8.12. The number of amides is 2. The summed E-state index contributed by atoms with van der Waals surface area (Å²) in [5.41, 5.74) is 6.18. The third-order valence-electron chi connectivity index (χ3n) is 3.30. The molecule has 1 aliphatic heterocycles. The molecule has 1 unspecified atom stereocenters. The fourth-order valence-electron chi connectivity index (χ4n) is 2.16. The van der Waals surface area contributed by atoms with Gasteiger partial charge in [0.2, 0.25) is 0 Å². The molecule has 0 radical (unpaired) electrons. The molecule has 2 rings (SSSR count). The van der Waals surface area contributed by atoms with Crippen molar-refractivity contribution in [3.8, 4) is 0 Å². The average Bonchev–Trinajstić information content (AvgIpc) is 2.80. The van der Waals surface area contributed by atoms with Crippen LogP contribution < -0.4 is 5.73 Å². The predicted octanol–water partition coefficient (Wildman–Crippen LogP) is 1.80. The molecule has 1 saturated heterocycles. The molecule has 1 heterocycles. The van der Waals surface area contributed by atoms with Crippen molar-refractivity contribution in [1.29, 1.82) is 0 Å². The molecule has 2 N–H and O–H groups in total. The van der Waals surface area contributed by atoms with Gasteiger partial charge < -0.3 is 15.2 Å². The number of carbonyl (C=O) groups excluding carboxylic acids is 3. The number of nitrogens with two attached hydrogens (primary N) is 1. The first kappa shape index (κ1) is 16.0. The van der Waals surface area contributed by atoms with Crippen molar-refractivity contribution >= 4 is 18.2 Å². The summed E-state index contributed by atoms with van der Waals surface area (Å²) >= 11 is 0. The van der Waals surface area contributed by atoms with Gasteiger partial charge in [-0.1, -0.05) is 30.3 Å². The van der Waals surface area contributed by atoms with Gasteiger partial charge in [-0.15, -0.1) is 0 Å². The molecule has 7 nitrogen and oxygen atoms in total. The molecule has 7 heteroatoms. The maximum atomic E-state index is 12.0. The minimum Gasteiger partial charge on any atom is -0.444 e. The maximum absolute atomic E-state index is 12.0. The molecular formula is C15H18N2O5. The highest BCUT2D eigenvalue weighted by atomic mass is 16.6. The molecule has 0 bridgehead atoms. The fraction of sp³-hybridized carbons (Fsp3) is 0.400. The number of unbranched alkanes of at least 4 members (excludes halogenated alkanes) is 1. The van der Waals surface area contributed by atoms with E-state index in [0.717, 1.165) is 10.5 Å². The second-order valence-electron chi connectivity index (χ2n) is 4.90. The Bertz CT molecular complexity index is 546. The highest BCUT2D eigenvalue weighted by Crippen LogP contribution is 2.20. The van der Waals surface area contributed by atoms with Crippen LogP contribution in [-0.2, 0) is 20.9 Å². The Hall–Kier alpha value is -2.41. The topological polar surface area (TPSA) is 98.9 Å². The average molecular weight is 306 g/mol. The summed E-state index contributed by atoms with van der Waals surface area (Å²) in [5.74, 6) is -0.723. The van der Waals surface area contributed by atoms with Crippen molar-refractivity contribution in [3.63, 3.8) is 0 Å². The van der Waals surface area contributed by atoms with E-state index in [9.17, 15) is 14.4 Å². The number of nitrogens with zero attached hydrogens (tertiary/aromatic N) is 1. The lowest BCUT2D eigenvalue weighted by Crippen LogP contribution is -2.40. The Balaban J connectivity index is 1.96. The zero-order chi connectivity index (χ0) is 15.9. The summed E-state index contributed by atoms with van der Waals surface area (Å²) in [6.07, 6.45) is -0.225. The summed E-state index contributed by atoms with van der Waals surface area (Å²) in [6.45, 7) is 0.501. The normalized spacial score (nSPS) is 17.5. The van der Waals surface area contributed by atoms with Crippen LogP contribution in [0.15, 0.2) is 30.3 Å². The van der Waals surface area contributed by atoms with Crippen molar-refractivity contribution in [2.75, 3.05) is 6.54 Å². The molecule has 2 amide bonds. The minimum atomic E-state index is -0.985. The zero-order valence-electron chi connectivity index (χ0n) is 12.1. The second-order valence-corrected chi connectivity index (χ2v) is 4.90. The Morgan fingerprint density at radius 3 is 2.64 bits per heavy atom. The predicted molar refractivity (Wildman–Crippen MR) is 76.6 cm³/mol. The van der Waals surface area contributed by atoms with Gasteiger partial charge in [0.15, 0.2) is 0 Å². The van der Waals surface area contributed by atoms with E-state index in [1.54, 1.807) is 12.1 Å². The number of benzene rings is 1. The van der Waals surface area contributed by atoms with Gasteiger partial charge in [-0.2, -0.15) is 4.90 Å². The highest BCUT2D eigenvalue weighted by Gasteiger charge is 2.45. The van der Waals surface area contributed by atoms with Crippen LogP contribution in [-0.4, -0.2) is 35.6 Å². The van der Waals surface area contributed by atoms with Crippen molar-refractivity contribution in [2.45, 2.75) is 31.9 Å². The first-order chi connectivity index (χ1) is 10.6. The van der Waals surface area contributed by atoms with Crippen LogP contribution in [0.1, 0.15) is 24.8 Å². The summed E-state index contributed by atoms with van der Waals surface area (Å²) < 4.78 is 9.58. The number of carbonyl (C=O) groups is 3. The van der Waals surface area contributed by atoms with Gasteiger partial charge in [0.25, 0.3) is 0 Å². The molecule has 1 atom stereocenters. The summed E-state index contributed by atoms with van der Waals surface area (Å²) in [5, 5.41) is 0. The van der Waals surface area contributed by atoms with Gasteiger partial charge in [0.1, 0.15) is 12.6 Å². The van der Waals surface area contributed by atoms with Crippen molar-refractivity contribution in [3.05, 3.63) is 35.9 Å². The first-order valence-corrected chi connectivity index (χ1v) is 7.09. The van der Waals surface area contributed by atoms with Gasteiger partial charge in [-0.25, -0.2) is 14.4 Å². The SMILES string of the molecule is NCCCCC1C(=O)OC(=O)N1C(=O)OCc1ccccc1. The molecular weight excluding hydrogens is 288 g/mol. The van der Waals surface area contributed by atoms with Gasteiger partial charge in [-0.3, -0.25) is 0 Å². The fourth-order valence-corrected chi connectivity index (χ4v) is 2.16. The zero-order valence-corrected chi connectivity index (χ0v) is 12.1. The Kier molecular flexibility index (Phi) is 5.48. The minimum absolute atomic E-state index is 0.0210. The summed E-state index contributed by atoms with van der Waals surface area (Å²) in [4.78, 5) is 36.1. The van der Waals surface area contributed by atoms with E-state index in [-0.39, 0.29) is 6.61 Å². The third-order valence-corrected chi connectivity index (χ3v) is 3.30. The van der Waals surface area contributed by atoms with E-state index in [1.165, 1.54) is 0 Å². The van der Waals surface area contributed by atoms with Gasteiger partial charge >= 0.3 is 18.2 Å². The number of hydrogen-bond donors (Lipinski definition) is 1. The van der Waals surface area contributed by atoms with Gasteiger partial charge in [-0.05, 0) is 31.4 Å². The Morgan fingerprint density at radius 2 is 1.95 bits per heavy atom. The van der Waals surface area contributed by atoms with Gasteiger partial charge in [0, 0.05) is 0 Å². The molecule has 1 fully saturated rings. The largest absolute Gasteiger partial charge is 0.444 e. The van der Waals surface area contributed by atoms with E-state index in [1.807, 2.05) is 18.2 Å².